The molecule has 0 saturated carbocycles. The first-order valence-electron chi connectivity index (χ1n) is 8.51. The highest BCUT2D eigenvalue weighted by Gasteiger charge is 2.23. The molecule has 7 heteroatoms. The van der Waals surface area contributed by atoms with E-state index in [4.69, 9.17) is 4.74 Å². The van der Waals surface area contributed by atoms with Crippen LogP contribution in [0.2, 0.25) is 0 Å². The van der Waals surface area contributed by atoms with Crippen molar-refractivity contribution in [3.63, 3.8) is 0 Å². The maximum absolute atomic E-state index is 14.0. The Morgan fingerprint density at radius 2 is 2.40 bits per heavy atom. The van der Waals surface area contributed by atoms with E-state index in [9.17, 15) is 9.18 Å². The van der Waals surface area contributed by atoms with Crippen molar-refractivity contribution in [2.24, 2.45) is 0 Å². The molecule has 0 unspecified atom stereocenters. The average molecular weight is 346 g/mol. The zero-order chi connectivity index (χ0) is 17.6. The van der Waals surface area contributed by atoms with Gasteiger partial charge in [0, 0.05) is 31.1 Å². The Morgan fingerprint density at radius 1 is 1.52 bits per heavy atom. The van der Waals surface area contributed by atoms with Gasteiger partial charge in [-0.3, -0.25) is 0 Å². The summed E-state index contributed by atoms with van der Waals surface area (Å²) < 4.78 is 21.3. The van der Waals surface area contributed by atoms with Gasteiger partial charge in [-0.2, -0.15) is 0 Å². The average Bonchev–Trinajstić information content (AvgIpc) is 3.29. The van der Waals surface area contributed by atoms with E-state index >= 15 is 0 Å². The highest BCUT2D eigenvalue weighted by Crippen LogP contribution is 2.15. The zero-order valence-corrected chi connectivity index (χ0v) is 14.2. The molecule has 3 rings (SSSR count). The molecule has 0 bridgehead atoms. The number of urea groups is 1. The molecule has 2 atom stereocenters. The number of nitrogens with zero attached hydrogens (tertiary/aromatic N) is 2. The molecule has 2 heterocycles. The topological polar surface area (TPSA) is 68.2 Å². The van der Waals surface area contributed by atoms with E-state index in [-0.39, 0.29) is 24.0 Å². The highest BCUT2D eigenvalue weighted by molar-refractivity contribution is 5.74. The van der Waals surface area contributed by atoms with Crippen LogP contribution in [0, 0.1) is 5.82 Å². The molecule has 1 aromatic heterocycles. The molecular formula is C18H23FN4O2. The first-order chi connectivity index (χ1) is 12.1. The van der Waals surface area contributed by atoms with Crippen LogP contribution in [0.1, 0.15) is 30.9 Å². The van der Waals surface area contributed by atoms with Crippen molar-refractivity contribution >= 4 is 6.03 Å². The van der Waals surface area contributed by atoms with Gasteiger partial charge in [-0.15, -0.1) is 0 Å². The zero-order valence-electron chi connectivity index (χ0n) is 14.2. The molecular weight excluding hydrogens is 323 g/mol. The third-order valence-corrected chi connectivity index (χ3v) is 4.36. The molecule has 6 nitrogen and oxygen atoms in total. The van der Waals surface area contributed by atoms with Crippen molar-refractivity contribution in [3.05, 3.63) is 53.9 Å². The molecule has 25 heavy (non-hydrogen) atoms. The monoisotopic (exact) mass is 346 g/mol. The summed E-state index contributed by atoms with van der Waals surface area (Å²) >= 11 is 0. The van der Waals surface area contributed by atoms with Gasteiger partial charge in [0.1, 0.15) is 5.82 Å². The first-order valence-corrected chi connectivity index (χ1v) is 8.51. The number of amides is 2. The molecule has 0 radical (unpaired) electrons. The van der Waals surface area contributed by atoms with Crippen LogP contribution in [0.3, 0.4) is 0 Å². The number of benzene rings is 1. The van der Waals surface area contributed by atoms with E-state index in [2.05, 4.69) is 15.6 Å². The highest BCUT2D eigenvalue weighted by atomic mass is 19.1. The Morgan fingerprint density at radius 3 is 3.12 bits per heavy atom. The summed E-state index contributed by atoms with van der Waals surface area (Å²) in [5.41, 5.74) is 1.40. The Bertz CT molecular complexity index is 699. The number of imidazole rings is 1. The fourth-order valence-corrected chi connectivity index (χ4v) is 2.97. The minimum atomic E-state index is -0.270. The molecule has 2 N–H and O–H groups in total. The standard InChI is InChI=1S/C18H23FN4O2/c1-13(17-3-2-8-25-17)22-18(24)21-10-14-4-5-16(19)15(9-14)11-23-7-6-20-12-23/h4-7,9,12-13,17H,2-3,8,10-11H2,1H3,(H2,21,22,24)/t13-,17-/m1/s1. The lowest BCUT2D eigenvalue weighted by Gasteiger charge is -2.20. The number of ether oxygens (including phenoxy) is 1. The van der Waals surface area contributed by atoms with Crippen molar-refractivity contribution in [2.45, 2.75) is 45.0 Å². The van der Waals surface area contributed by atoms with Gasteiger partial charge < -0.3 is 19.9 Å². The lowest BCUT2D eigenvalue weighted by atomic mass is 10.1. The van der Waals surface area contributed by atoms with E-state index < -0.39 is 0 Å². The van der Waals surface area contributed by atoms with Crippen LogP contribution in [-0.2, 0) is 17.8 Å². The summed E-state index contributed by atoms with van der Waals surface area (Å²) in [6.45, 7) is 3.44. The number of halogens is 1. The third kappa shape index (κ3) is 4.79. The quantitative estimate of drug-likeness (QED) is 0.844. The lowest BCUT2D eigenvalue weighted by molar-refractivity contribution is 0.0860. The molecule has 1 aliphatic heterocycles. The van der Waals surface area contributed by atoms with Gasteiger partial charge in [-0.25, -0.2) is 14.2 Å². The van der Waals surface area contributed by atoms with Crippen LogP contribution >= 0.6 is 0 Å². The minimum Gasteiger partial charge on any atom is -0.376 e. The fraction of sp³-hybridized carbons (Fsp3) is 0.444. The van der Waals surface area contributed by atoms with Crippen LogP contribution in [0.25, 0.3) is 0 Å². The van der Waals surface area contributed by atoms with E-state index in [1.807, 2.05) is 6.92 Å². The van der Waals surface area contributed by atoms with Crippen LogP contribution in [0.15, 0.2) is 36.9 Å². The summed E-state index contributed by atoms with van der Waals surface area (Å²) in [4.78, 5) is 16.0. The first kappa shape index (κ1) is 17.4. The smallest absolute Gasteiger partial charge is 0.315 e. The number of carbonyl (C=O) groups excluding carboxylic acids is 1. The molecule has 1 fully saturated rings. The van der Waals surface area contributed by atoms with Gasteiger partial charge in [-0.05, 0) is 37.5 Å². The Kier molecular flexibility index (Phi) is 5.65. The molecule has 1 saturated heterocycles. The predicted octanol–water partition coefficient (Wildman–Crippen LogP) is 2.44. The molecule has 2 aromatic rings. The number of aromatic nitrogens is 2. The van der Waals surface area contributed by atoms with Gasteiger partial charge in [-0.1, -0.05) is 6.07 Å². The molecule has 134 valence electrons. The van der Waals surface area contributed by atoms with Crippen molar-refractivity contribution in [1.82, 2.24) is 20.2 Å². The SMILES string of the molecule is C[C@@H](NC(=O)NCc1ccc(F)c(Cn2ccnc2)c1)[C@H]1CCCO1. The van der Waals surface area contributed by atoms with Gasteiger partial charge in [0.15, 0.2) is 0 Å². The second-order valence-electron chi connectivity index (χ2n) is 6.33. The van der Waals surface area contributed by atoms with E-state index in [1.165, 1.54) is 6.07 Å². The van der Waals surface area contributed by atoms with Crippen molar-refractivity contribution in [1.29, 1.82) is 0 Å². The molecule has 0 spiro atoms. The van der Waals surface area contributed by atoms with Gasteiger partial charge in [0.25, 0.3) is 0 Å². The van der Waals surface area contributed by atoms with Crippen molar-refractivity contribution in [3.8, 4) is 0 Å². The van der Waals surface area contributed by atoms with Crippen LogP contribution in [-0.4, -0.2) is 34.3 Å². The summed E-state index contributed by atoms with van der Waals surface area (Å²) in [6, 6.07) is 4.59. The van der Waals surface area contributed by atoms with E-state index in [1.54, 1.807) is 35.4 Å². The summed E-state index contributed by atoms with van der Waals surface area (Å²) in [6.07, 6.45) is 7.17. The summed E-state index contributed by atoms with van der Waals surface area (Å²) in [7, 11) is 0. The Labute approximate surface area is 146 Å². The molecule has 1 aliphatic rings. The summed E-state index contributed by atoms with van der Waals surface area (Å²) in [5.74, 6) is -0.270. The number of rotatable bonds is 6. The van der Waals surface area contributed by atoms with Crippen LogP contribution in [0.5, 0.6) is 0 Å². The summed E-state index contributed by atoms with van der Waals surface area (Å²) in [5, 5.41) is 5.70. The molecule has 2 amide bonds. The predicted molar refractivity (Wildman–Crippen MR) is 91.5 cm³/mol. The van der Waals surface area contributed by atoms with Crippen molar-refractivity contribution < 1.29 is 13.9 Å². The molecule has 1 aromatic carbocycles. The van der Waals surface area contributed by atoms with E-state index in [0.29, 0.717) is 18.7 Å². The lowest BCUT2D eigenvalue weighted by Crippen LogP contribution is -2.45. The number of carbonyl (C=O) groups is 1. The maximum atomic E-state index is 14.0. The van der Waals surface area contributed by atoms with Gasteiger partial charge >= 0.3 is 6.03 Å². The van der Waals surface area contributed by atoms with Crippen molar-refractivity contribution in [2.75, 3.05) is 6.61 Å². The second-order valence-corrected chi connectivity index (χ2v) is 6.33. The van der Waals surface area contributed by atoms with E-state index in [0.717, 1.165) is 25.0 Å². The third-order valence-electron chi connectivity index (χ3n) is 4.36. The second kappa shape index (κ2) is 8.11. The van der Waals surface area contributed by atoms with Crippen LogP contribution < -0.4 is 10.6 Å². The van der Waals surface area contributed by atoms with Gasteiger partial charge in [0.2, 0.25) is 0 Å². The van der Waals surface area contributed by atoms with Gasteiger partial charge in [0.05, 0.1) is 25.0 Å². The Balaban J connectivity index is 1.53. The minimum absolute atomic E-state index is 0.0347. The normalized spacial score (nSPS) is 18.1. The largest absolute Gasteiger partial charge is 0.376 e. The number of nitrogens with one attached hydrogen (secondary N) is 2. The fourth-order valence-electron chi connectivity index (χ4n) is 2.97. The molecule has 0 aliphatic carbocycles. The number of hydrogen-bond acceptors (Lipinski definition) is 3. The Hall–Kier alpha value is -2.41. The maximum Gasteiger partial charge on any atom is 0.315 e. The van der Waals surface area contributed by atoms with Crippen LogP contribution in [0.4, 0.5) is 9.18 Å². The number of hydrogen-bond donors (Lipinski definition) is 2.